The van der Waals surface area contributed by atoms with E-state index >= 15 is 0 Å². The zero-order chi connectivity index (χ0) is 20.0. The SMILES string of the molecule is C[C@@]1(C#N)COc2c1cc([C@@](O)(CN)C(F)(F)F)nc2-c1ccc(F)cc1. The first-order chi connectivity index (χ1) is 12.6. The van der Waals surface area contributed by atoms with E-state index in [2.05, 4.69) is 4.98 Å². The van der Waals surface area contributed by atoms with Crippen molar-refractivity contribution in [1.29, 1.82) is 5.26 Å². The highest BCUT2D eigenvalue weighted by atomic mass is 19.4. The largest absolute Gasteiger partial charge is 0.489 e. The smallest absolute Gasteiger partial charge is 0.424 e. The second-order valence-electron chi connectivity index (χ2n) is 6.53. The Kier molecular flexibility index (Phi) is 4.37. The molecule has 0 radical (unpaired) electrons. The van der Waals surface area contributed by atoms with Gasteiger partial charge in [0, 0.05) is 17.7 Å². The predicted molar refractivity (Wildman–Crippen MR) is 87.1 cm³/mol. The van der Waals surface area contributed by atoms with Gasteiger partial charge in [-0.05, 0) is 37.3 Å². The third kappa shape index (κ3) is 2.91. The Morgan fingerprint density at radius 1 is 1.33 bits per heavy atom. The number of hydrogen-bond acceptors (Lipinski definition) is 5. The number of benzene rings is 1. The van der Waals surface area contributed by atoms with Crippen LogP contribution < -0.4 is 10.5 Å². The van der Waals surface area contributed by atoms with Crippen LogP contribution in [0.3, 0.4) is 0 Å². The number of rotatable bonds is 3. The molecule has 2 atom stereocenters. The van der Waals surface area contributed by atoms with Crippen LogP contribution in [-0.2, 0) is 11.0 Å². The molecule has 0 spiro atoms. The summed E-state index contributed by atoms with van der Waals surface area (Å²) in [5, 5.41) is 19.7. The second kappa shape index (κ2) is 6.18. The molecule has 2 aromatic rings. The van der Waals surface area contributed by atoms with Gasteiger partial charge in [0.05, 0.1) is 11.8 Å². The summed E-state index contributed by atoms with van der Waals surface area (Å²) in [7, 11) is 0. The van der Waals surface area contributed by atoms with Crippen molar-refractivity contribution in [3.63, 3.8) is 0 Å². The third-order valence-corrected chi connectivity index (χ3v) is 4.63. The van der Waals surface area contributed by atoms with Crippen LogP contribution in [0.2, 0.25) is 0 Å². The van der Waals surface area contributed by atoms with Crippen LogP contribution in [0.1, 0.15) is 18.2 Å². The summed E-state index contributed by atoms with van der Waals surface area (Å²) >= 11 is 0. The highest BCUT2D eigenvalue weighted by Crippen LogP contribution is 2.47. The van der Waals surface area contributed by atoms with E-state index in [0.717, 1.165) is 18.2 Å². The Morgan fingerprint density at radius 3 is 2.48 bits per heavy atom. The van der Waals surface area contributed by atoms with Gasteiger partial charge in [-0.25, -0.2) is 9.37 Å². The highest BCUT2D eigenvalue weighted by molar-refractivity contribution is 5.71. The second-order valence-corrected chi connectivity index (χ2v) is 6.53. The number of nitrogens with zero attached hydrogens (tertiary/aromatic N) is 2. The van der Waals surface area contributed by atoms with Crippen molar-refractivity contribution in [3.8, 4) is 23.1 Å². The zero-order valence-corrected chi connectivity index (χ0v) is 14.1. The molecule has 0 bridgehead atoms. The molecular formula is C18H15F4N3O2. The molecule has 1 aromatic carbocycles. The minimum absolute atomic E-state index is 0.0300. The fourth-order valence-electron chi connectivity index (χ4n) is 2.86. The van der Waals surface area contributed by atoms with Crippen LogP contribution in [0.5, 0.6) is 5.75 Å². The van der Waals surface area contributed by atoms with Gasteiger partial charge in [-0.3, -0.25) is 0 Å². The lowest BCUT2D eigenvalue weighted by atomic mass is 9.83. The molecule has 1 aromatic heterocycles. The Balaban J connectivity index is 2.32. The summed E-state index contributed by atoms with van der Waals surface area (Å²) in [4.78, 5) is 3.95. The van der Waals surface area contributed by atoms with E-state index in [4.69, 9.17) is 10.5 Å². The van der Waals surface area contributed by atoms with Gasteiger partial charge in [-0.2, -0.15) is 18.4 Å². The number of alkyl halides is 3. The molecule has 1 aliphatic rings. The fraction of sp³-hybridized carbons (Fsp3) is 0.333. The maximum atomic E-state index is 13.5. The Bertz CT molecular complexity index is 924. The number of nitriles is 1. The first-order valence-corrected chi connectivity index (χ1v) is 7.91. The first kappa shape index (κ1) is 19.1. The number of aliphatic hydroxyl groups is 1. The van der Waals surface area contributed by atoms with E-state index in [9.17, 15) is 27.9 Å². The van der Waals surface area contributed by atoms with Crippen LogP contribution in [0.15, 0.2) is 30.3 Å². The summed E-state index contributed by atoms with van der Waals surface area (Å²) in [5.41, 5.74) is 0.239. The Hall–Kier alpha value is -2.70. The van der Waals surface area contributed by atoms with E-state index in [0.29, 0.717) is 0 Å². The molecule has 142 valence electrons. The number of pyridine rings is 1. The summed E-state index contributed by atoms with van der Waals surface area (Å²) < 4.78 is 59.2. The average Bonchev–Trinajstić information content (AvgIpc) is 2.98. The molecule has 2 heterocycles. The van der Waals surface area contributed by atoms with Crippen LogP contribution in [0, 0.1) is 17.1 Å². The van der Waals surface area contributed by atoms with Crippen molar-refractivity contribution in [3.05, 3.63) is 47.4 Å². The fourth-order valence-corrected chi connectivity index (χ4v) is 2.86. The van der Waals surface area contributed by atoms with E-state index < -0.39 is 35.2 Å². The number of nitrogens with two attached hydrogens (primary N) is 1. The first-order valence-electron chi connectivity index (χ1n) is 7.91. The quantitative estimate of drug-likeness (QED) is 0.798. The molecule has 0 amide bonds. The lowest BCUT2D eigenvalue weighted by Crippen LogP contribution is -2.49. The maximum Gasteiger partial charge on any atom is 0.424 e. The predicted octanol–water partition coefficient (Wildman–Crippen LogP) is 2.77. The van der Waals surface area contributed by atoms with Gasteiger partial charge in [-0.1, -0.05) is 0 Å². The average molecular weight is 381 g/mol. The summed E-state index contributed by atoms with van der Waals surface area (Å²) in [6.45, 7) is 0.257. The maximum absolute atomic E-state index is 13.5. The number of fused-ring (bicyclic) bond motifs is 1. The van der Waals surface area contributed by atoms with E-state index in [1.165, 1.54) is 19.1 Å². The summed E-state index contributed by atoms with van der Waals surface area (Å²) in [5.74, 6) is -0.418. The van der Waals surface area contributed by atoms with Gasteiger partial charge in [0.2, 0.25) is 5.60 Å². The molecule has 5 nitrogen and oxygen atoms in total. The van der Waals surface area contributed by atoms with E-state index in [-0.39, 0.29) is 29.2 Å². The van der Waals surface area contributed by atoms with Gasteiger partial charge in [0.15, 0.2) is 5.75 Å². The summed E-state index contributed by atoms with van der Waals surface area (Å²) in [6.07, 6.45) is -5.09. The minimum Gasteiger partial charge on any atom is -0.489 e. The number of ether oxygens (including phenoxy) is 1. The zero-order valence-electron chi connectivity index (χ0n) is 14.1. The van der Waals surface area contributed by atoms with Gasteiger partial charge in [-0.15, -0.1) is 0 Å². The Morgan fingerprint density at radius 2 is 1.96 bits per heavy atom. The van der Waals surface area contributed by atoms with Gasteiger partial charge >= 0.3 is 6.18 Å². The standard InChI is InChI=1S/C18H15F4N3O2/c1-16(7-23)9-27-15-12(16)6-13(17(26,8-24)18(20,21)22)25-14(15)10-2-4-11(19)5-3-10/h2-6,26H,8-9,24H2,1H3/t16-,17+/m1/s1. The van der Waals surface area contributed by atoms with Crippen molar-refractivity contribution in [2.75, 3.05) is 13.2 Å². The lowest BCUT2D eigenvalue weighted by molar-refractivity contribution is -0.263. The minimum atomic E-state index is -5.09. The molecule has 0 saturated heterocycles. The molecular weight excluding hydrogens is 366 g/mol. The van der Waals surface area contributed by atoms with Crippen molar-refractivity contribution in [2.45, 2.75) is 24.1 Å². The van der Waals surface area contributed by atoms with Crippen LogP contribution in [-0.4, -0.2) is 29.4 Å². The van der Waals surface area contributed by atoms with Crippen LogP contribution in [0.25, 0.3) is 11.3 Å². The van der Waals surface area contributed by atoms with Gasteiger partial charge < -0.3 is 15.6 Å². The van der Waals surface area contributed by atoms with Crippen molar-refractivity contribution in [2.24, 2.45) is 5.73 Å². The molecule has 0 unspecified atom stereocenters. The van der Waals surface area contributed by atoms with Gasteiger partial charge in [0.25, 0.3) is 0 Å². The Labute approximate surface area is 152 Å². The highest BCUT2D eigenvalue weighted by Gasteiger charge is 2.56. The number of hydrogen-bond donors (Lipinski definition) is 2. The molecule has 1 aliphatic heterocycles. The molecule has 0 aliphatic carbocycles. The monoisotopic (exact) mass is 381 g/mol. The number of halogens is 4. The van der Waals surface area contributed by atoms with Gasteiger partial charge in [0.1, 0.15) is 23.5 Å². The molecule has 3 rings (SSSR count). The molecule has 0 fully saturated rings. The van der Waals surface area contributed by atoms with E-state index in [1.807, 2.05) is 6.07 Å². The topological polar surface area (TPSA) is 92.2 Å². The molecule has 0 saturated carbocycles. The molecule has 3 N–H and O–H groups in total. The van der Waals surface area contributed by atoms with E-state index in [1.54, 1.807) is 0 Å². The van der Waals surface area contributed by atoms with Crippen molar-refractivity contribution >= 4 is 0 Å². The van der Waals surface area contributed by atoms with Crippen molar-refractivity contribution < 1.29 is 27.4 Å². The van der Waals surface area contributed by atoms with Crippen LogP contribution >= 0.6 is 0 Å². The van der Waals surface area contributed by atoms with Crippen LogP contribution in [0.4, 0.5) is 17.6 Å². The molecule has 27 heavy (non-hydrogen) atoms. The lowest BCUT2D eigenvalue weighted by Gasteiger charge is -2.29. The number of aromatic nitrogens is 1. The van der Waals surface area contributed by atoms with Crippen molar-refractivity contribution in [1.82, 2.24) is 4.98 Å². The molecule has 9 heteroatoms. The summed E-state index contributed by atoms with van der Waals surface area (Å²) in [6, 6.07) is 7.89. The third-order valence-electron chi connectivity index (χ3n) is 4.63. The normalized spacial score (nSPS) is 21.1.